The maximum absolute atomic E-state index is 12.4. The normalized spacial score (nSPS) is 11.7. The molecule has 0 saturated heterocycles. The molecule has 0 saturated carbocycles. The third kappa shape index (κ3) is 2.13. The van der Waals surface area contributed by atoms with Gasteiger partial charge in [0.15, 0.2) is 0 Å². The lowest BCUT2D eigenvalue weighted by molar-refractivity contribution is -0.134. The monoisotopic (exact) mass is 187 g/mol. The van der Waals surface area contributed by atoms with Crippen LogP contribution in [0.3, 0.4) is 0 Å². The Labute approximate surface area is 72.2 Å². The van der Waals surface area contributed by atoms with Crippen molar-refractivity contribution in [3.05, 3.63) is 21.9 Å². The minimum atomic E-state index is -1.57. The molecule has 0 aliphatic heterocycles. The molecule has 64 valence electrons. The summed E-state index contributed by atoms with van der Waals surface area (Å²) in [6.45, 7) is 1.76. The van der Waals surface area contributed by atoms with Crippen molar-refractivity contribution in [2.45, 2.75) is 6.92 Å². The number of nitrogens with zero attached hydrogens (tertiary/aromatic N) is 1. The van der Waals surface area contributed by atoms with Crippen LogP contribution in [-0.2, 0) is 4.79 Å². The largest absolute Gasteiger partial charge is 0.476 e. The lowest BCUT2D eigenvalue weighted by atomic mass is 10.5. The zero-order chi connectivity index (χ0) is 9.14. The lowest BCUT2D eigenvalue weighted by Crippen LogP contribution is -1.93. The predicted octanol–water partition coefficient (Wildman–Crippen LogP) is 1.85. The third-order valence-corrected chi connectivity index (χ3v) is 2.00. The molecule has 0 amide bonds. The van der Waals surface area contributed by atoms with Gasteiger partial charge in [0.1, 0.15) is 5.01 Å². The quantitative estimate of drug-likeness (QED) is 0.719. The molecule has 0 bridgehead atoms. The molecule has 3 nitrogen and oxygen atoms in total. The van der Waals surface area contributed by atoms with Crippen LogP contribution in [0.4, 0.5) is 4.39 Å². The highest BCUT2D eigenvalue weighted by atomic mass is 32.1. The Kier molecular flexibility index (Phi) is 2.54. The summed E-state index contributed by atoms with van der Waals surface area (Å²) < 4.78 is 12.4. The number of halogens is 1. The molecule has 0 aromatic carbocycles. The number of aliphatic carboxylic acids is 1. The molecule has 1 heterocycles. The maximum Gasteiger partial charge on any atom is 0.364 e. The van der Waals surface area contributed by atoms with Gasteiger partial charge in [-0.1, -0.05) is 0 Å². The highest BCUT2D eigenvalue weighted by molar-refractivity contribution is 7.10. The van der Waals surface area contributed by atoms with Crippen LogP contribution in [0.25, 0.3) is 6.08 Å². The lowest BCUT2D eigenvalue weighted by Gasteiger charge is -1.85. The Morgan fingerprint density at radius 2 is 2.50 bits per heavy atom. The molecule has 1 rings (SSSR count). The fourth-order valence-electron chi connectivity index (χ4n) is 0.609. The van der Waals surface area contributed by atoms with Crippen molar-refractivity contribution in [2.24, 2.45) is 0 Å². The topological polar surface area (TPSA) is 50.2 Å². The van der Waals surface area contributed by atoms with Gasteiger partial charge in [0.2, 0.25) is 5.83 Å². The molecule has 0 spiro atoms. The van der Waals surface area contributed by atoms with E-state index in [9.17, 15) is 9.18 Å². The summed E-state index contributed by atoms with van der Waals surface area (Å²) in [6.07, 6.45) is 0.903. The molecular weight excluding hydrogens is 181 g/mol. The van der Waals surface area contributed by atoms with Crippen LogP contribution in [0.5, 0.6) is 0 Å². The first-order valence-corrected chi connectivity index (χ1v) is 4.00. The summed E-state index contributed by atoms with van der Waals surface area (Å²) >= 11 is 1.20. The van der Waals surface area contributed by atoms with Crippen LogP contribution < -0.4 is 0 Å². The van der Waals surface area contributed by atoms with Crippen LogP contribution >= 0.6 is 11.3 Å². The zero-order valence-corrected chi connectivity index (χ0v) is 7.06. The second-order valence-corrected chi connectivity index (χ2v) is 3.01. The van der Waals surface area contributed by atoms with Crippen LogP contribution in [0.15, 0.2) is 11.2 Å². The standard InChI is InChI=1S/C7H6FNO2S/c1-4-3-12-6(9-4)2-5(8)7(10)11/h2-3H,1H3,(H,10,11)/b5-2+. The molecule has 0 aliphatic carbocycles. The van der Waals surface area contributed by atoms with Crippen molar-refractivity contribution in [1.29, 1.82) is 0 Å². The minimum Gasteiger partial charge on any atom is -0.476 e. The third-order valence-electron chi connectivity index (χ3n) is 1.09. The number of hydrogen-bond donors (Lipinski definition) is 1. The van der Waals surface area contributed by atoms with Gasteiger partial charge in [-0.25, -0.2) is 9.78 Å². The van der Waals surface area contributed by atoms with E-state index in [-0.39, 0.29) is 0 Å². The average Bonchev–Trinajstić information content (AvgIpc) is 2.35. The molecule has 1 aromatic rings. The highest BCUT2D eigenvalue weighted by Gasteiger charge is 2.06. The molecule has 1 N–H and O–H groups in total. The number of aryl methyl sites for hydroxylation is 1. The van der Waals surface area contributed by atoms with Crippen molar-refractivity contribution in [3.63, 3.8) is 0 Å². The van der Waals surface area contributed by atoms with Gasteiger partial charge in [-0.05, 0) is 6.92 Å². The van der Waals surface area contributed by atoms with E-state index in [1.807, 2.05) is 0 Å². The summed E-state index contributed by atoms with van der Waals surface area (Å²) in [5.41, 5.74) is 0.754. The molecule has 1 aromatic heterocycles. The second-order valence-electron chi connectivity index (χ2n) is 2.12. The highest BCUT2D eigenvalue weighted by Crippen LogP contribution is 2.13. The van der Waals surface area contributed by atoms with Crippen molar-refractivity contribution >= 4 is 23.4 Å². The molecule has 0 radical (unpaired) electrons. The first kappa shape index (κ1) is 8.86. The number of rotatable bonds is 2. The SMILES string of the molecule is Cc1csc(/C=C(/F)C(=O)O)n1. The van der Waals surface area contributed by atoms with Gasteiger partial charge in [-0.3, -0.25) is 0 Å². The van der Waals surface area contributed by atoms with Crippen molar-refractivity contribution in [3.8, 4) is 0 Å². The second kappa shape index (κ2) is 3.44. The van der Waals surface area contributed by atoms with Crippen molar-refractivity contribution in [1.82, 2.24) is 4.98 Å². The molecule has 12 heavy (non-hydrogen) atoms. The maximum atomic E-state index is 12.4. The van der Waals surface area contributed by atoms with Crippen LogP contribution in [0.1, 0.15) is 10.7 Å². The Bertz CT molecular complexity index is 332. The van der Waals surface area contributed by atoms with E-state index in [1.165, 1.54) is 11.3 Å². The van der Waals surface area contributed by atoms with E-state index in [2.05, 4.69) is 4.98 Å². The van der Waals surface area contributed by atoms with Crippen LogP contribution in [0.2, 0.25) is 0 Å². The molecular formula is C7H6FNO2S. The Morgan fingerprint density at radius 1 is 1.83 bits per heavy atom. The van der Waals surface area contributed by atoms with Crippen LogP contribution in [-0.4, -0.2) is 16.1 Å². The van der Waals surface area contributed by atoms with E-state index in [0.29, 0.717) is 5.01 Å². The molecule has 0 fully saturated rings. The summed E-state index contributed by atoms with van der Waals surface area (Å²) in [4.78, 5) is 13.9. The molecule has 0 aliphatic rings. The smallest absolute Gasteiger partial charge is 0.364 e. The summed E-state index contributed by atoms with van der Waals surface area (Å²) in [5, 5.41) is 10.3. The fraction of sp³-hybridized carbons (Fsp3) is 0.143. The number of carboxylic acids is 1. The average molecular weight is 187 g/mol. The molecule has 0 unspecified atom stereocenters. The predicted molar refractivity (Wildman–Crippen MR) is 43.6 cm³/mol. The van der Waals surface area contributed by atoms with E-state index in [4.69, 9.17) is 5.11 Å². The Balaban J connectivity index is 2.87. The zero-order valence-electron chi connectivity index (χ0n) is 6.24. The molecule has 0 atom stereocenters. The van der Waals surface area contributed by atoms with E-state index < -0.39 is 11.8 Å². The van der Waals surface area contributed by atoms with E-state index in [1.54, 1.807) is 12.3 Å². The fourth-order valence-corrected chi connectivity index (χ4v) is 1.32. The summed E-state index contributed by atoms with van der Waals surface area (Å²) in [6, 6.07) is 0. The first-order valence-electron chi connectivity index (χ1n) is 3.12. The first-order chi connectivity index (χ1) is 5.59. The van der Waals surface area contributed by atoms with Gasteiger partial charge in [-0.2, -0.15) is 4.39 Å². The van der Waals surface area contributed by atoms with Gasteiger partial charge in [0.05, 0.1) is 0 Å². The Morgan fingerprint density at radius 3 is 2.92 bits per heavy atom. The van der Waals surface area contributed by atoms with E-state index >= 15 is 0 Å². The van der Waals surface area contributed by atoms with Gasteiger partial charge in [-0.15, -0.1) is 11.3 Å². The van der Waals surface area contributed by atoms with Gasteiger partial charge < -0.3 is 5.11 Å². The van der Waals surface area contributed by atoms with Gasteiger partial charge in [0.25, 0.3) is 0 Å². The van der Waals surface area contributed by atoms with Gasteiger partial charge >= 0.3 is 5.97 Å². The van der Waals surface area contributed by atoms with E-state index in [0.717, 1.165) is 11.8 Å². The van der Waals surface area contributed by atoms with Crippen molar-refractivity contribution < 1.29 is 14.3 Å². The Hall–Kier alpha value is -1.23. The minimum absolute atomic E-state index is 0.368. The number of carboxylic acid groups (broad SMARTS) is 1. The number of hydrogen-bond acceptors (Lipinski definition) is 3. The van der Waals surface area contributed by atoms with Crippen LogP contribution in [0, 0.1) is 6.92 Å². The summed E-state index contributed by atoms with van der Waals surface area (Å²) in [7, 11) is 0. The number of aromatic nitrogens is 1. The van der Waals surface area contributed by atoms with Crippen molar-refractivity contribution in [2.75, 3.05) is 0 Å². The number of carbonyl (C=O) groups is 1. The summed E-state index contributed by atoms with van der Waals surface area (Å²) in [5.74, 6) is -2.76. The van der Waals surface area contributed by atoms with Gasteiger partial charge in [0, 0.05) is 17.2 Å². The molecule has 5 heteroatoms. The number of thiazole rings is 1.